The number of nitrogens with zero attached hydrogens (tertiary/aromatic N) is 2. The molecule has 0 aromatic heterocycles. The standard InChI is InChI=1S/C29H37FN4O3/c1-20(35)24-6-3-7-27(16-24)31-29(37)32-28-12-14-34(21(2)36)19-25(28)18-33-13-4-5-23(17-33)15-22-8-10-26(30)11-9-22/h3,6-11,16,23,25,28H,4-5,12-15,17-19H2,1-2H3,(H2,31,32,37)/t23?,25-,28-/m1/s1. The van der Waals surface area contributed by atoms with Gasteiger partial charge in [0.15, 0.2) is 5.78 Å². The van der Waals surface area contributed by atoms with Crippen LogP contribution in [0.15, 0.2) is 48.5 Å². The zero-order valence-corrected chi connectivity index (χ0v) is 21.7. The largest absolute Gasteiger partial charge is 0.342 e. The fourth-order valence-electron chi connectivity index (χ4n) is 5.61. The summed E-state index contributed by atoms with van der Waals surface area (Å²) in [5.41, 5.74) is 2.27. The number of hydrogen-bond donors (Lipinski definition) is 2. The van der Waals surface area contributed by atoms with Crippen molar-refractivity contribution in [3.63, 3.8) is 0 Å². The van der Waals surface area contributed by atoms with Crippen molar-refractivity contribution in [1.82, 2.24) is 15.1 Å². The number of Topliss-reactive ketones (excluding diaryl/α,β-unsaturated/α-hetero) is 1. The van der Waals surface area contributed by atoms with Crippen molar-refractivity contribution < 1.29 is 18.8 Å². The summed E-state index contributed by atoms with van der Waals surface area (Å²) in [7, 11) is 0. The Bertz CT molecular complexity index is 1110. The molecule has 2 aromatic carbocycles. The van der Waals surface area contributed by atoms with Crippen molar-refractivity contribution in [1.29, 1.82) is 0 Å². The van der Waals surface area contributed by atoms with Gasteiger partial charge in [0.1, 0.15) is 5.82 Å². The van der Waals surface area contributed by atoms with Crippen LogP contribution in [0.25, 0.3) is 0 Å². The smallest absolute Gasteiger partial charge is 0.319 e. The van der Waals surface area contributed by atoms with Crippen LogP contribution in [0.3, 0.4) is 0 Å². The van der Waals surface area contributed by atoms with Crippen LogP contribution in [0, 0.1) is 17.7 Å². The first-order valence-corrected chi connectivity index (χ1v) is 13.2. The third-order valence-corrected chi connectivity index (χ3v) is 7.56. The van der Waals surface area contributed by atoms with Crippen LogP contribution in [0.1, 0.15) is 49.0 Å². The van der Waals surface area contributed by atoms with Crippen LogP contribution in [0.2, 0.25) is 0 Å². The lowest BCUT2D eigenvalue weighted by atomic mass is 9.88. The van der Waals surface area contributed by atoms with Crippen LogP contribution >= 0.6 is 0 Å². The van der Waals surface area contributed by atoms with Gasteiger partial charge >= 0.3 is 6.03 Å². The van der Waals surface area contributed by atoms with E-state index in [-0.39, 0.29) is 35.5 Å². The normalized spacial score (nSPS) is 22.4. The molecule has 3 amide bonds. The number of anilines is 1. The Hall–Kier alpha value is -3.26. The maximum absolute atomic E-state index is 13.3. The van der Waals surface area contributed by atoms with E-state index in [9.17, 15) is 18.8 Å². The summed E-state index contributed by atoms with van der Waals surface area (Å²) in [5, 5.41) is 5.99. The van der Waals surface area contributed by atoms with Gasteiger partial charge in [-0.1, -0.05) is 24.3 Å². The Kier molecular flexibility index (Phi) is 8.92. The van der Waals surface area contributed by atoms with Crippen LogP contribution in [-0.4, -0.2) is 66.3 Å². The minimum absolute atomic E-state index is 0.0556. The molecule has 4 rings (SSSR count). The number of rotatable bonds is 7. The second kappa shape index (κ2) is 12.3. The number of urea groups is 1. The first-order valence-electron chi connectivity index (χ1n) is 13.2. The highest BCUT2D eigenvalue weighted by Crippen LogP contribution is 2.25. The highest BCUT2D eigenvalue weighted by atomic mass is 19.1. The molecule has 2 aliphatic rings. The Morgan fingerprint density at radius 1 is 1.00 bits per heavy atom. The highest BCUT2D eigenvalue weighted by Gasteiger charge is 2.34. The number of halogens is 1. The van der Waals surface area contributed by atoms with Crippen molar-refractivity contribution in [2.45, 2.75) is 45.6 Å². The molecule has 0 spiro atoms. The zero-order valence-electron chi connectivity index (χ0n) is 21.7. The summed E-state index contributed by atoms with van der Waals surface area (Å²) < 4.78 is 13.3. The second-order valence-corrected chi connectivity index (χ2v) is 10.5. The van der Waals surface area contributed by atoms with Gasteiger partial charge in [0, 0.05) is 56.3 Å². The number of carbonyl (C=O) groups is 3. The molecule has 198 valence electrons. The van der Waals surface area contributed by atoms with Crippen molar-refractivity contribution in [2.24, 2.45) is 11.8 Å². The number of amides is 3. The Morgan fingerprint density at radius 3 is 2.51 bits per heavy atom. The van der Waals surface area contributed by atoms with E-state index in [0.29, 0.717) is 36.7 Å². The van der Waals surface area contributed by atoms with Gasteiger partial charge in [0.05, 0.1) is 0 Å². The molecule has 0 aliphatic carbocycles. The highest BCUT2D eigenvalue weighted by molar-refractivity contribution is 5.96. The summed E-state index contributed by atoms with van der Waals surface area (Å²) in [6, 6.07) is 13.3. The first kappa shape index (κ1) is 26.8. The summed E-state index contributed by atoms with van der Waals surface area (Å²) >= 11 is 0. The maximum atomic E-state index is 13.3. The number of piperidine rings is 2. The van der Waals surface area contributed by atoms with E-state index in [4.69, 9.17) is 0 Å². The molecule has 0 radical (unpaired) electrons. The average Bonchev–Trinajstić information content (AvgIpc) is 2.86. The third-order valence-electron chi connectivity index (χ3n) is 7.56. The molecule has 2 N–H and O–H groups in total. The molecule has 3 atom stereocenters. The SMILES string of the molecule is CC(=O)c1cccc(NC(=O)N[C@@H]2CCN(C(C)=O)C[C@H]2CN2CCCC(Cc3ccc(F)cc3)C2)c1. The molecule has 2 aliphatic heterocycles. The lowest BCUT2D eigenvalue weighted by Crippen LogP contribution is -2.56. The number of benzene rings is 2. The van der Waals surface area contributed by atoms with E-state index in [0.717, 1.165) is 44.5 Å². The number of nitrogens with one attached hydrogen (secondary N) is 2. The van der Waals surface area contributed by atoms with E-state index in [1.807, 2.05) is 17.0 Å². The van der Waals surface area contributed by atoms with E-state index in [2.05, 4.69) is 15.5 Å². The molecular formula is C29H37FN4O3. The van der Waals surface area contributed by atoms with Gasteiger partial charge in [-0.15, -0.1) is 0 Å². The third kappa shape index (κ3) is 7.61. The number of ketones is 1. The van der Waals surface area contributed by atoms with Crippen molar-refractivity contribution in [3.8, 4) is 0 Å². The zero-order chi connectivity index (χ0) is 26.4. The van der Waals surface area contributed by atoms with Crippen LogP contribution in [0.5, 0.6) is 0 Å². The quantitative estimate of drug-likeness (QED) is 0.545. The number of likely N-dealkylation sites (tertiary alicyclic amines) is 2. The van der Waals surface area contributed by atoms with E-state index in [1.54, 1.807) is 31.2 Å². The van der Waals surface area contributed by atoms with Gasteiger partial charge in [0.2, 0.25) is 5.91 Å². The molecule has 2 fully saturated rings. The molecule has 2 saturated heterocycles. The van der Waals surface area contributed by atoms with Crippen LogP contribution in [-0.2, 0) is 11.2 Å². The van der Waals surface area contributed by atoms with Crippen molar-refractivity contribution in [3.05, 3.63) is 65.5 Å². The maximum Gasteiger partial charge on any atom is 0.319 e. The summed E-state index contributed by atoms with van der Waals surface area (Å²) in [4.78, 5) is 41.0. The van der Waals surface area contributed by atoms with Gasteiger partial charge < -0.3 is 20.4 Å². The minimum atomic E-state index is -0.306. The lowest BCUT2D eigenvalue weighted by molar-refractivity contribution is -0.131. The van der Waals surface area contributed by atoms with E-state index in [1.165, 1.54) is 19.1 Å². The topological polar surface area (TPSA) is 81.8 Å². The average molecular weight is 509 g/mol. The van der Waals surface area contributed by atoms with Crippen LogP contribution < -0.4 is 10.6 Å². The summed E-state index contributed by atoms with van der Waals surface area (Å²) in [5.74, 6) is 0.392. The van der Waals surface area contributed by atoms with Crippen molar-refractivity contribution >= 4 is 23.4 Å². The minimum Gasteiger partial charge on any atom is -0.342 e. The second-order valence-electron chi connectivity index (χ2n) is 10.5. The summed E-state index contributed by atoms with van der Waals surface area (Å²) in [6.07, 6.45) is 3.85. The lowest BCUT2D eigenvalue weighted by Gasteiger charge is -2.42. The molecular weight excluding hydrogens is 471 g/mol. The fourth-order valence-corrected chi connectivity index (χ4v) is 5.61. The van der Waals surface area contributed by atoms with Crippen LogP contribution in [0.4, 0.5) is 14.9 Å². The van der Waals surface area contributed by atoms with Crippen molar-refractivity contribution in [2.75, 3.05) is 38.0 Å². The molecule has 7 nitrogen and oxygen atoms in total. The summed E-state index contributed by atoms with van der Waals surface area (Å²) in [6.45, 7) is 7.06. The van der Waals surface area contributed by atoms with Gasteiger partial charge in [0.25, 0.3) is 0 Å². The predicted molar refractivity (Wildman–Crippen MR) is 142 cm³/mol. The molecule has 37 heavy (non-hydrogen) atoms. The fraction of sp³-hybridized carbons (Fsp3) is 0.483. The molecule has 8 heteroatoms. The first-order chi connectivity index (χ1) is 17.8. The van der Waals surface area contributed by atoms with E-state index >= 15 is 0 Å². The molecule has 2 heterocycles. The monoisotopic (exact) mass is 508 g/mol. The molecule has 1 unspecified atom stereocenters. The Morgan fingerprint density at radius 2 is 1.78 bits per heavy atom. The van der Waals surface area contributed by atoms with Gasteiger partial charge in [-0.05, 0) is 74.9 Å². The Labute approximate surface area is 218 Å². The van der Waals surface area contributed by atoms with E-state index < -0.39 is 0 Å². The van der Waals surface area contributed by atoms with Gasteiger partial charge in [-0.2, -0.15) is 0 Å². The predicted octanol–water partition coefficient (Wildman–Crippen LogP) is 4.34. The number of carbonyl (C=O) groups excluding carboxylic acids is 3. The molecule has 2 aromatic rings. The molecule has 0 saturated carbocycles. The van der Waals surface area contributed by atoms with Gasteiger partial charge in [-0.25, -0.2) is 9.18 Å². The Balaban J connectivity index is 1.38. The van der Waals surface area contributed by atoms with Gasteiger partial charge in [-0.3, -0.25) is 9.59 Å². The number of hydrogen-bond acceptors (Lipinski definition) is 4. The molecule has 0 bridgehead atoms.